The molecule has 64 valence electrons. The van der Waals surface area contributed by atoms with Gasteiger partial charge in [-0.25, -0.2) is 0 Å². The van der Waals surface area contributed by atoms with Crippen molar-refractivity contribution in [3.8, 4) is 0 Å². The molecule has 0 N–H and O–H groups in total. The Bertz CT molecular complexity index is 144. The molecule has 0 spiro atoms. The van der Waals surface area contributed by atoms with Crippen LogP contribution in [0, 0.1) is 5.41 Å². The summed E-state index contributed by atoms with van der Waals surface area (Å²) in [7, 11) is 2.31. The highest BCUT2D eigenvalue weighted by atomic mass is 31.0. The van der Waals surface area contributed by atoms with E-state index >= 15 is 0 Å². The molecule has 0 radical (unpaired) electrons. The molecule has 1 aliphatic carbocycles. The predicted octanol–water partition coefficient (Wildman–Crippen LogP) is 2.93. The van der Waals surface area contributed by atoms with E-state index in [0.717, 1.165) is 13.0 Å². The molecule has 0 saturated heterocycles. The van der Waals surface area contributed by atoms with Crippen molar-refractivity contribution in [1.29, 1.82) is 0 Å². The first-order valence-electron chi connectivity index (χ1n) is 4.26. The summed E-state index contributed by atoms with van der Waals surface area (Å²) < 4.78 is 4.99. The number of hydrogen-bond acceptors (Lipinski definition) is 1. The normalized spacial score (nSPS) is 30.7. The Balaban J connectivity index is 2.37. The standard InChI is InChI=1S/C9H17OP/c1-9(7-8-10-11)5-3-2-4-6-9/h3,5H,2,4,6-8,11H2,1H3/t9-/m0/s1. The molecule has 0 fully saturated rings. The van der Waals surface area contributed by atoms with Crippen LogP contribution in [0.3, 0.4) is 0 Å². The van der Waals surface area contributed by atoms with Crippen LogP contribution in [0.1, 0.15) is 32.6 Å². The van der Waals surface area contributed by atoms with Gasteiger partial charge in [0.1, 0.15) is 0 Å². The topological polar surface area (TPSA) is 9.23 Å². The van der Waals surface area contributed by atoms with Crippen LogP contribution in [0.4, 0.5) is 0 Å². The van der Waals surface area contributed by atoms with Crippen molar-refractivity contribution in [2.45, 2.75) is 32.6 Å². The Morgan fingerprint density at radius 2 is 2.45 bits per heavy atom. The van der Waals surface area contributed by atoms with Crippen LogP contribution in [0.5, 0.6) is 0 Å². The molecule has 0 amide bonds. The van der Waals surface area contributed by atoms with Gasteiger partial charge < -0.3 is 4.52 Å². The second-order valence-electron chi connectivity index (χ2n) is 3.57. The lowest BCUT2D eigenvalue weighted by Crippen LogP contribution is -2.17. The highest BCUT2D eigenvalue weighted by Crippen LogP contribution is 2.33. The van der Waals surface area contributed by atoms with Crippen molar-refractivity contribution in [1.82, 2.24) is 0 Å². The van der Waals surface area contributed by atoms with Crippen molar-refractivity contribution in [2.24, 2.45) is 5.41 Å². The average Bonchev–Trinajstić information content (AvgIpc) is 2.03. The monoisotopic (exact) mass is 172 g/mol. The van der Waals surface area contributed by atoms with Gasteiger partial charge in [-0.2, -0.15) is 0 Å². The van der Waals surface area contributed by atoms with Gasteiger partial charge in [-0.15, -0.1) is 0 Å². The minimum Gasteiger partial charge on any atom is -0.366 e. The van der Waals surface area contributed by atoms with Crippen molar-refractivity contribution in [2.75, 3.05) is 6.61 Å². The van der Waals surface area contributed by atoms with Gasteiger partial charge in [0.2, 0.25) is 0 Å². The van der Waals surface area contributed by atoms with Gasteiger partial charge in [-0.3, -0.25) is 0 Å². The second-order valence-corrected chi connectivity index (χ2v) is 3.90. The summed E-state index contributed by atoms with van der Waals surface area (Å²) in [4.78, 5) is 0. The van der Waals surface area contributed by atoms with Crippen LogP contribution >= 0.6 is 9.47 Å². The summed E-state index contributed by atoms with van der Waals surface area (Å²) in [5.74, 6) is 0. The quantitative estimate of drug-likeness (QED) is 0.469. The SMILES string of the molecule is C[C@]1(CCOP)C=CCCC1. The second kappa shape index (κ2) is 4.23. The molecular formula is C9H17OP. The molecule has 2 atom stereocenters. The zero-order valence-corrected chi connectivity index (χ0v) is 8.33. The summed E-state index contributed by atoms with van der Waals surface area (Å²) in [5, 5.41) is 0. The van der Waals surface area contributed by atoms with Gasteiger partial charge in [0, 0.05) is 9.47 Å². The molecule has 2 heteroatoms. The zero-order chi connectivity index (χ0) is 8.16. The third kappa shape index (κ3) is 2.92. The van der Waals surface area contributed by atoms with Gasteiger partial charge in [-0.05, 0) is 31.1 Å². The van der Waals surface area contributed by atoms with Crippen molar-refractivity contribution < 1.29 is 4.52 Å². The van der Waals surface area contributed by atoms with Crippen LogP contribution in [-0.2, 0) is 4.52 Å². The number of rotatable bonds is 3. The van der Waals surface area contributed by atoms with E-state index in [1.165, 1.54) is 19.3 Å². The minimum atomic E-state index is 0.412. The fraction of sp³-hybridized carbons (Fsp3) is 0.778. The molecule has 0 saturated carbocycles. The Morgan fingerprint density at radius 3 is 3.00 bits per heavy atom. The maximum atomic E-state index is 4.99. The van der Waals surface area contributed by atoms with E-state index in [-0.39, 0.29) is 0 Å². The molecule has 1 unspecified atom stereocenters. The van der Waals surface area contributed by atoms with Crippen LogP contribution in [0.15, 0.2) is 12.2 Å². The fourth-order valence-electron chi connectivity index (χ4n) is 1.58. The number of allylic oxidation sites excluding steroid dienone is 2. The maximum absolute atomic E-state index is 4.99. The van der Waals surface area contributed by atoms with Crippen LogP contribution in [0.2, 0.25) is 0 Å². The molecule has 1 rings (SSSR count). The largest absolute Gasteiger partial charge is 0.366 e. The molecule has 0 aliphatic heterocycles. The molecule has 0 bridgehead atoms. The third-order valence-corrected chi connectivity index (χ3v) is 2.67. The molecule has 0 aromatic rings. The van der Waals surface area contributed by atoms with Crippen molar-refractivity contribution >= 4 is 9.47 Å². The van der Waals surface area contributed by atoms with Gasteiger partial charge >= 0.3 is 0 Å². The van der Waals surface area contributed by atoms with Crippen LogP contribution in [-0.4, -0.2) is 6.61 Å². The lowest BCUT2D eigenvalue weighted by molar-refractivity contribution is 0.256. The predicted molar refractivity (Wildman–Crippen MR) is 51.4 cm³/mol. The van der Waals surface area contributed by atoms with E-state index in [9.17, 15) is 0 Å². The first-order chi connectivity index (χ1) is 5.27. The highest BCUT2D eigenvalue weighted by molar-refractivity contribution is 7.09. The van der Waals surface area contributed by atoms with Gasteiger partial charge in [0.25, 0.3) is 0 Å². The Kier molecular flexibility index (Phi) is 3.54. The Hall–Kier alpha value is 0.130. The fourth-order valence-corrected chi connectivity index (χ4v) is 1.69. The summed E-state index contributed by atoms with van der Waals surface area (Å²) in [5.41, 5.74) is 0.412. The smallest absolute Gasteiger partial charge is 0.0510 e. The maximum Gasteiger partial charge on any atom is 0.0510 e. The van der Waals surface area contributed by atoms with E-state index in [4.69, 9.17) is 4.52 Å². The zero-order valence-electron chi connectivity index (χ0n) is 7.18. The lowest BCUT2D eigenvalue weighted by Gasteiger charge is -2.28. The van der Waals surface area contributed by atoms with Gasteiger partial charge in [0.05, 0.1) is 6.61 Å². The molecule has 1 nitrogen and oxygen atoms in total. The summed E-state index contributed by atoms with van der Waals surface area (Å²) >= 11 is 0. The molecule has 0 heterocycles. The Labute approximate surface area is 71.5 Å². The minimum absolute atomic E-state index is 0.412. The molecule has 0 aromatic heterocycles. The molecule has 0 aromatic carbocycles. The van der Waals surface area contributed by atoms with E-state index in [1.54, 1.807) is 0 Å². The van der Waals surface area contributed by atoms with E-state index in [1.807, 2.05) is 0 Å². The average molecular weight is 172 g/mol. The van der Waals surface area contributed by atoms with E-state index in [0.29, 0.717) is 5.41 Å². The summed E-state index contributed by atoms with van der Waals surface area (Å²) in [6.45, 7) is 3.16. The van der Waals surface area contributed by atoms with E-state index in [2.05, 4.69) is 28.5 Å². The Morgan fingerprint density at radius 1 is 1.64 bits per heavy atom. The van der Waals surface area contributed by atoms with E-state index < -0.39 is 0 Å². The van der Waals surface area contributed by atoms with Gasteiger partial charge in [-0.1, -0.05) is 19.1 Å². The molecule has 11 heavy (non-hydrogen) atoms. The molecule has 1 aliphatic rings. The highest BCUT2D eigenvalue weighted by Gasteiger charge is 2.21. The molecular weight excluding hydrogens is 155 g/mol. The first-order valence-corrected chi connectivity index (χ1v) is 4.73. The lowest BCUT2D eigenvalue weighted by atomic mass is 9.78. The van der Waals surface area contributed by atoms with Crippen LogP contribution in [0.25, 0.3) is 0 Å². The first kappa shape index (κ1) is 9.22. The number of hydrogen-bond donors (Lipinski definition) is 0. The summed E-state index contributed by atoms with van der Waals surface area (Å²) in [6.07, 6.45) is 9.71. The van der Waals surface area contributed by atoms with Gasteiger partial charge in [0.15, 0.2) is 0 Å². The third-order valence-electron chi connectivity index (χ3n) is 2.43. The van der Waals surface area contributed by atoms with Crippen LogP contribution < -0.4 is 0 Å². The van der Waals surface area contributed by atoms with Crippen molar-refractivity contribution in [3.63, 3.8) is 0 Å². The van der Waals surface area contributed by atoms with Crippen molar-refractivity contribution in [3.05, 3.63) is 12.2 Å². The summed E-state index contributed by atoms with van der Waals surface area (Å²) in [6, 6.07) is 0.